The van der Waals surface area contributed by atoms with Crippen LogP contribution in [0.5, 0.6) is 0 Å². The van der Waals surface area contributed by atoms with E-state index in [1.165, 1.54) is 30.5 Å². The lowest BCUT2D eigenvalue weighted by atomic mass is 10.1. The van der Waals surface area contributed by atoms with E-state index in [-0.39, 0.29) is 0 Å². The SMILES string of the molecule is CCCCC1=CC(NCC)C(NCC)=C1. The number of nitrogens with one attached hydrogen (secondary N) is 2. The summed E-state index contributed by atoms with van der Waals surface area (Å²) in [5, 5.41) is 6.91. The Hall–Kier alpha value is -0.760. The zero-order valence-corrected chi connectivity index (χ0v) is 10.3. The number of likely N-dealkylation sites (N-methyl/N-ethyl adjacent to an activating group) is 2. The van der Waals surface area contributed by atoms with Crippen molar-refractivity contribution in [1.29, 1.82) is 0 Å². The molecule has 0 fully saturated rings. The van der Waals surface area contributed by atoms with E-state index in [1.807, 2.05) is 0 Å². The quantitative estimate of drug-likeness (QED) is 0.672. The summed E-state index contributed by atoms with van der Waals surface area (Å²) in [4.78, 5) is 0. The van der Waals surface area contributed by atoms with Crippen molar-refractivity contribution in [1.82, 2.24) is 10.6 Å². The standard InChI is InChI=1S/C13H24N2/c1-4-7-8-11-9-12(14-5-2)13(10-11)15-6-3/h9-10,12,14-15H,4-8H2,1-3H3. The van der Waals surface area contributed by atoms with Gasteiger partial charge in [0.1, 0.15) is 0 Å². The molecular formula is C13H24N2. The Labute approximate surface area is 93.8 Å². The Morgan fingerprint density at radius 2 is 2.00 bits per heavy atom. The Balaban J connectivity index is 2.54. The van der Waals surface area contributed by atoms with Gasteiger partial charge in [-0.2, -0.15) is 0 Å². The van der Waals surface area contributed by atoms with Crippen LogP contribution in [0.3, 0.4) is 0 Å². The molecule has 1 aliphatic rings. The van der Waals surface area contributed by atoms with E-state index in [1.54, 1.807) is 0 Å². The molecule has 1 unspecified atom stereocenters. The predicted molar refractivity (Wildman–Crippen MR) is 66.8 cm³/mol. The van der Waals surface area contributed by atoms with Gasteiger partial charge in [0, 0.05) is 12.2 Å². The molecule has 0 saturated carbocycles. The summed E-state index contributed by atoms with van der Waals surface area (Å²) in [6.07, 6.45) is 8.45. The molecule has 0 aliphatic heterocycles. The van der Waals surface area contributed by atoms with Gasteiger partial charge in [-0.1, -0.05) is 26.3 Å². The molecule has 15 heavy (non-hydrogen) atoms. The fraction of sp³-hybridized carbons (Fsp3) is 0.692. The van der Waals surface area contributed by atoms with Crippen LogP contribution in [-0.2, 0) is 0 Å². The first-order valence-electron chi connectivity index (χ1n) is 6.21. The van der Waals surface area contributed by atoms with Gasteiger partial charge in [-0.15, -0.1) is 0 Å². The lowest BCUT2D eigenvalue weighted by molar-refractivity contribution is 0.639. The van der Waals surface area contributed by atoms with Gasteiger partial charge in [0.2, 0.25) is 0 Å². The lowest BCUT2D eigenvalue weighted by Gasteiger charge is -2.14. The van der Waals surface area contributed by atoms with Crippen LogP contribution >= 0.6 is 0 Å². The number of unbranched alkanes of at least 4 members (excludes halogenated alkanes) is 1. The van der Waals surface area contributed by atoms with Crippen LogP contribution in [0, 0.1) is 0 Å². The van der Waals surface area contributed by atoms with E-state index in [0.29, 0.717) is 6.04 Å². The first kappa shape index (κ1) is 12.3. The first-order valence-corrected chi connectivity index (χ1v) is 6.21. The van der Waals surface area contributed by atoms with Gasteiger partial charge in [-0.25, -0.2) is 0 Å². The van der Waals surface area contributed by atoms with Crippen molar-refractivity contribution >= 4 is 0 Å². The molecule has 0 heterocycles. The van der Waals surface area contributed by atoms with Crippen LogP contribution in [0.15, 0.2) is 23.4 Å². The summed E-state index contributed by atoms with van der Waals surface area (Å²) in [6.45, 7) is 8.56. The lowest BCUT2D eigenvalue weighted by Crippen LogP contribution is -2.33. The average Bonchev–Trinajstić information content (AvgIpc) is 2.59. The molecule has 0 spiro atoms. The third kappa shape index (κ3) is 3.71. The summed E-state index contributed by atoms with van der Waals surface area (Å²) in [5.74, 6) is 0. The molecule has 0 aromatic heterocycles. The molecule has 1 aliphatic carbocycles. The normalized spacial score (nSPS) is 20.1. The summed E-state index contributed by atoms with van der Waals surface area (Å²) in [7, 11) is 0. The summed E-state index contributed by atoms with van der Waals surface area (Å²) in [6, 6.07) is 0.418. The Morgan fingerprint density at radius 1 is 1.20 bits per heavy atom. The minimum atomic E-state index is 0.418. The summed E-state index contributed by atoms with van der Waals surface area (Å²) in [5.41, 5.74) is 2.82. The zero-order valence-electron chi connectivity index (χ0n) is 10.3. The third-order valence-electron chi connectivity index (χ3n) is 2.68. The van der Waals surface area contributed by atoms with Crippen molar-refractivity contribution in [2.45, 2.75) is 46.1 Å². The maximum absolute atomic E-state index is 3.48. The summed E-state index contributed by atoms with van der Waals surface area (Å²) >= 11 is 0. The van der Waals surface area contributed by atoms with Gasteiger partial charge >= 0.3 is 0 Å². The van der Waals surface area contributed by atoms with Crippen molar-refractivity contribution in [3.05, 3.63) is 23.4 Å². The number of hydrogen-bond donors (Lipinski definition) is 2. The molecular weight excluding hydrogens is 184 g/mol. The topological polar surface area (TPSA) is 24.1 Å². The minimum absolute atomic E-state index is 0.418. The van der Waals surface area contributed by atoms with Crippen LogP contribution < -0.4 is 10.6 Å². The van der Waals surface area contributed by atoms with Gasteiger partial charge in [0.15, 0.2) is 0 Å². The van der Waals surface area contributed by atoms with Crippen molar-refractivity contribution in [3.63, 3.8) is 0 Å². The predicted octanol–water partition coefficient (Wildman–Crippen LogP) is 2.59. The van der Waals surface area contributed by atoms with Crippen molar-refractivity contribution in [2.24, 2.45) is 0 Å². The smallest absolute Gasteiger partial charge is 0.0661 e. The molecule has 2 heteroatoms. The van der Waals surface area contributed by atoms with Crippen molar-refractivity contribution in [2.75, 3.05) is 13.1 Å². The number of rotatable bonds is 7. The molecule has 1 atom stereocenters. The Kier molecular flexibility index (Phi) is 5.48. The highest BCUT2D eigenvalue weighted by molar-refractivity contribution is 5.37. The van der Waals surface area contributed by atoms with Crippen molar-refractivity contribution < 1.29 is 0 Å². The van der Waals surface area contributed by atoms with E-state index >= 15 is 0 Å². The third-order valence-corrected chi connectivity index (χ3v) is 2.68. The monoisotopic (exact) mass is 208 g/mol. The van der Waals surface area contributed by atoms with Gasteiger partial charge in [0.05, 0.1) is 6.04 Å². The minimum Gasteiger partial charge on any atom is -0.387 e. The van der Waals surface area contributed by atoms with Crippen molar-refractivity contribution in [3.8, 4) is 0 Å². The molecule has 0 saturated heterocycles. The molecule has 2 nitrogen and oxygen atoms in total. The maximum Gasteiger partial charge on any atom is 0.0661 e. The van der Waals surface area contributed by atoms with Crippen LogP contribution in [0.2, 0.25) is 0 Å². The molecule has 1 rings (SSSR count). The van der Waals surface area contributed by atoms with Crippen LogP contribution in [0.4, 0.5) is 0 Å². The van der Waals surface area contributed by atoms with E-state index < -0.39 is 0 Å². The Bertz CT molecular complexity index is 241. The fourth-order valence-electron chi connectivity index (χ4n) is 1.93. The van der Waals surface area contributed by atoms with E-state index in [2.05, 4.69) is 43.6 Å². The first-order chi connectivity index (χ1) is 7.31. The van der Waals surface area contributed by atoms with Gasteiger partial charge in [0.25, 0.3) is 0 Å². The van der Waals surface area contributed by atoms with E-state index in [0.717, 1.165) is 13.1 Å². The largest absolute Gasteiger partial charge is 0.387 e. The van der Waals surface area contributed by atoms with Crippen LogP contribution in [0.25, 0.3) is 0 Å². The second-order valence-corrected chi connectivity index (χ2v) is 4.01. The Morgan fingerprint density at radius 3 is 2.60 bits per heavy atom. The fourth-order valence-corrected chi connectivity index (χ4v) is 1.93. The molecule has 0 radical (unpaired) electrons. The van der Waals surface area contributed by atoms with Gasteiger partial charge < -0.3 is 10.6 Å². The molecule has 0 aromatic rings. The molecule has 86 valence electrons. The molecule has 0 amide bonds. The van der Waals surface area contributed by atoms with E-state index in [4.69, 9.17) is 0 Å². The number of hydrogen-bond acceptors (Lipinski definition) is 2. The molecule has 2 N–H and O–H groups in total. The highest BCUT2D eigenvalue weighted by atomic mass is 15.0. The van der Waals surface area contributed by atoms with Crippen LogP contribution in [-0.4, -0.2) is 19.1 Å². The van der Waals surface area contributed by atoms with E-state index in [9.17, 15) is 0 Å². The highest BCUT2D eigenvalue weighted by Gasteiger charge is 2.16. The van der Waals surface area contributed by atoms with Crippen LogP contribution in [0.1, 0.15) is 40.0 Å². The van der Waals surface area contributed by atoms with Gasteiger partial charge in [-0.3, -0.25) is 0 Å². The molecule has 0 aromatic carbocycles. The maximum atomic E-state index is 3.48. The summed E-state index contributed by atoms with van der Waals surface area (Å²) < 4.78 is 0. The number of allylic oxidation sites excluding steroid dienone is 2. The highest BCUT2D eigenvalue weighted by Crippen LogP contribution is 2.20. The molecule has 0 bridgehead atoms. The average molecular weight is 208 g/mol. The van der Waals surface area contributed by atoms with Gasteiger partial charge in [-0.05, 0) is 38.0 Å². The second-order valence-electron chi connectivity index (χ2n) is 4.01. The second kappa shape index (κ2) is 6.67. The zero-order chi connectivity index (χ0) is 11.1.